The van der Waals surface area contributed by atoms with Gasteiger partial charge in [0.1, 0.15) is 5.82 Å². The monoisotopic (exact) mass is 320 g/mol. The third-order valence-electron chi connectivity index (χ3n) is 4.67. The van der Waals surface area contributed by atoms with Crippen LogP contribution in [0.2, 0.25) is 0 Å². The van der Waals surface area contributed by atoms with E-state index in [0.29, 0.717) is 0 Å². The molecule has 0 spiro atoms. The number of aromatic nitrogens is 1. The van der Waals surface area contributed by atoms with Crippen molar-refractivity contribution < 1.29 is 4.79 Å². The minimum atomic E-state index is 0.0175. The van der Waals surface area contributed by atoms with Gasteiger partial charge in [-0.1, -0.05) is 49.6 Å². The Kier molecular flexibility index (Phi) is 5.42. The number of hydrogen-bond donors (Lipinski definition) is 0. The maximum Gasteiger partial charge on any atom is 0.252 e. The van der Waals surface area contributed by atoms with Crippen molar-refractivity contribution in [1.82, 2.24) is 4.98 Å². The summed E-state index contributed by atoms with van der Waals surface area (Å²) in [6.45, 7) is 2.06. The summed E-state index contributed by atoms with van der Waals surface area (Å²) < 4.78 is 0. The average molecular weight is 320 g/mol. The van der Waals surface area contributed by atoms with Gasteiger partial charge in [-0.25, -0.2) is 4.98 Å². The van der Waals surface area contributed by atoms with Gasteiger partial charge < -0.3 is 0 Å². The summed E-state index contributed by atoms with van der Waals surface area (Å²) in [7, 11) is 0. The van der Waals surface area contributed by atoms with Crippen LogP contribution in [-0.2, 0) is 4.79 Å². The third-order valence-corrected chi connectivity index (χ3v) is 4.67. The lowest BCUT2D eigenvalue weighted by molar-refractivity contribution is -0.114. The molecule has 1 saturated carbocycles. The second kappa shape index (κ2) is 7.91. The molecule has 3 nitrogen and oxygen atoms in total. The molecule has 0 radical (unpaired) electrons. The fourth-order valence-corrected chi connectivity index (χ4v) is 3.33. The molecule has 2 aromatic rings. The number of carbonyl (C=O) groups excluding carboxylic acids is 1. The third kappa shape index (κ3) is 3.91. The van der Waals surface area contributed by atoms with Crippen LogP contribution in [0.15, 0.2) is 54.7 Å². The van der Waals surface area contributed by atoms with E-state index in [1.165, 1.54) is 24.8 Å². The number of rotatable bonds is 4. The van der Waals surface area contributed by atoms with Gasteiger partial charge in [0, 0.05) is 18.3 Å². The summed E-state index contributed by atoms with van der Waals surface area (Å²) >= 11 is 0. The van der Waals surface area contributed by atoms with E-state index in [1.54, 1.807) is 12.3 Å². The highest BCUT2D eigenvalue weighted by Crippen LogP contribution is 2.26. The Labute approximate surface area is 144 Å². The lowest BCUT2D eigenvalue weighted by Gasteiger charge is -2.32. The summed E-state index contributed by atoms with van der Waals surface area (Å²) in [5.41, 5.74) is 2.25. The highest BCUT2D eigenvalue weighted by atomic mass is 16.2. The molecular formula is C21H24N2O. The van der Waals surface area contributed by atoms with Crippen LogP contribution < -0.4 is 4.90 Å². The van der Waals surface area contributed by atoms with Crippen molar-refractivity contribution in [2.24, 2.45) is 0 Å². The highest BCUT2D eigenvalue weighted by Gasteiger charge is 2.26. The predicted octanol–water partition coefficient (Wildman–Crippen LogP) is 4.77. The molecule has 1 heterocycles. The standard InChI is InChI=1S/C21H24N2O/c1-17-9-5-6-10-18(17)14-15-21(24)23(19-11-3-2-4-12-19)20-13-7-8-16-22-20/h5-10,13-16,19H,2-4,11-12H2,1H3. The normalized spacial score (nSPS) is 15.5. The van der Waals surface area contributed by atoms with Crippen molar-refractivity contribution >= 4 is 17.8 Å². The van der Waals surface area contributed by atoms with Gasteiger partial charge in [0.05, 0.1) is 0 Å². The van der Waals surface area contributed by atoms with Gasteiger partial charge in [-0.15, -0.1) is 0 Å². The molecule has 3 heteroatoms. The van der Waals surface area contributed by atoms with E-state index in [9.17, 15) is 4.79 Å². The number of anilines is 1. The number of pyridine rings is 1. The minimum absolute atomic E-state index is 0.0175. The van der Waals surface area contributed by atoms with Crippen molar-refractivity contribution in [3.8, 4) is 0 Å². The molecular weight excluding hydrogens is 296 g/mol. The zero-order chi connectivity index (χ0) is 16.8. The Morgan fingerprint density at radius 3 is 2.54 bits per heavy atom. The molecule has 1 fully saturated rings. The van der Waals surface area contributed by atoms with Crippen LogP contribution in [-0.4, -0.2) is 16.9 Å². The summed E-state index contributed by atoms with van der Waals surface area (Å²) in [6, 6.07) is 14.1. The number of hydrogen-bond acceptors (Lipinski definition) is 2. The Balaban J connectivity index is 1.84. The molecule has 0 aliphatic heterocycles. The Morgan fingerprint density at radius 2 is 1.83 bits per heavy atom. The van der Waals surface area contributed by atoms with Gasteiger partial charge >= 0.3 is 0 Å². The van der Waals surface area contributed by atoms with Crippen LogP contribution in [0, 0.1) is 6.92 Å². The lowest BCUT2D eigenvalue weighted by Crippen LogP contribution is -2.41. The first-order valence-corrected chi connectivity index (χ1v) is 8.73. The zero-order valence-electron chi connectivity index (χ0n) is 14.2. The second-order valence-corrected chi connectivity index (χ2v) is 6.38. The molecule has 1 amide bonds. The summed E-state index contributed by atoms with van der Waals surface area (Å²) in [5, 5.41) is 0. The summed E-state index contributed by atoms with van der Waals surface area (Å²) in [6.07, 6.45) is 11.1. The Bertz CT molecular complexity index is 703. The highest BCUT2D eigenvalue weighted by molar-refractivity contribution is 6.03. The van der Waals surface area contributed by atoms with Crippen LogP contribution in [0.1, 0.15) is 43.2 Å². The SMILES string of the molecule is Cc1ccccc1C=CC(=O)N(c1ccccn1)C1CCCCC1. The van der Waals surface area contributed by atoms with E-state index in [-0.39, 0.29) is 11.9 Å². The maximum atomic E-state index is 12.9. The van der Waals surface area contributed by atoms with E-state index in [2.05, 4.69) is 18.0 Å². The summed E-state index contributed by atoms with van der Waals surface area (Å²) in [4.78, 5) is 19.2. The Morgan fingerprint density at radius 1 is 1.08 bits per heavy atom. The van der Waals surface area contributed by atoms with Gasteiger partial charge in [-0.05, 0) is 49.1 Å². The quantitative estimate of drug-likeness (QED) is 0.760. The molecule has 0 N–H and O–H groups in total. The van der Waals surface area contributed by atoms with Crippen molar-refractivity contribution in [3.05, 3.63) is 65.9 Å². The van der Waals surface area contributed by atoms with Crippen molar-refractivity contribution in [2.75, 3.05) is 4.90 Å². The average Bonchev–Trinajstić information content (AvgIpc) is 2.63. The number of carbonyl (C=O) groups is 1. The van der Waals surface area contributed by atoms with E-state index >= 15 is 0 Å². The second-order valence-electron chi connectivity index (χ2n) is 6.38. The number of amides is 1. The first-order valence-electron chi connectivity index (χ1n) is 8.73. The van der Waals surface area contributed by atoms with Gasteiger partial charge in [0.25, 0.3) is 5.91 Å². The van der Waals surface area contributed by atoms with Crippen molar-refractivity contribution in [3.63, 3.8) is 0 Å². The summed E-state index contributed by atoms with van der Waals surface area (Å²) in [5.74, 6) is 0.771. The van der Waals surface area contributed by atoms with Gasteiger partial charge in [-0.2, -0.15) is 0 Å². The molecule has 1 aliphatic carbocycles. The van der Waals surface area contributed by atoms with Gasteiger partial charge in [0.15, 0.2) is 0 Å². The molecule has 1 aliphatic rings. The van der Waals surface area contributed by atoms with Crippen LogP contribution in [0.4, 0.5) is 5.82 Å². The van der Waals surface area contributed by atoms with Crippen LogP contribution in [0.3, 0.4) is 0 Å². The molecule has 1 aromatic carbocycles. The lowest BCUT2D eigenvalue weighted by atomic mass is 9.94. The van der Waals surface area contributed by atoms with Crippen LogP contribution in [0.25, 0.3) is 6.08 Å². The first kappa shape index (κ1) is 16.4. The van der Waals surface area contributed by atoms with Gasteiger partial charge in [0.2, 0.25) is 0 Å². The molecule has 124 valence electrons. The van der Waals surface area contributed by atoms with E-state index < -0.39 is 0 Å². The largest absolute Gasteiger partial charge is 0.290 e. The first-order chi connectivity index (χ1) is 11.8. The van der Waals surface area contributed by atoms with Crippen LogP contribution >= 0.6 is 0 Å². The van der Waals surface area contributed by atoms with E-state index in [4.69, 9.17) is 0 Å². The van der Waals surface area contributed by atoms with Gasteiger partial charge in [-0.3, -0.25) is 9.69 Å². The molecule has 0 atom stereocenters. The number of nitrogens with zero attached hydrogens (tertiary/aromatic N) is 2. The van der Waals surface area contributed by atoms with Crippen molar-refractivity contribution in [2.45, 2.75) is 45.1 Å². The zero-order valence-corrected chi connectivity index (χ0v) is 14.2. The topological polar surface area (TPSA) is 33.2 Å². The Hall–Kier alpha value is -2.42. The van der Waals surface area contributed by atoms with Crippen molar-refractivity contribution in [1.29, 1.82) is 0 Å². The molecule has 1 aromatic heterocycles. The molecule has 0 bridgehead atoms. The molecule has 0 unspecified atom stereocenters. The maximum absolute atomic E-state index is 12.9. The van der Waals surface area contributed by atoms with E-state index in [0.717, 1.165) is 24.2 Å². The fraction of sp³-hybridized carbons (Fsp3) is 0.333. The molecule has 24 heavy (non-hydrogen) atoms. The smallest absolute Gasteiger partial charge is 0.252 e. The molecule has 3 rings (SSSR count). The fourth-order valence-electron chi connectivity index (χ4n) is 3.33. The van der Waals surface area contributed by atoms with Crippen LogP contribution in [0.5, 0.6) is 0 Å². The number of benzene rings is 1. The van der Waals surface area contributed by atoms with E-state index in [1.807, 2.05) is 47.4 Å². The molecule has 0 saturated heterocycles. The predicted molar refractivity (Wildman–Crippen MR) is 98.8 cm³/mol. The number of aryl methyl sites for hydroxylation is 1. The minimum Gasteiger partial charge on any atom is -0.290 e.